The maximum atomic E-state index is 13.4. The number of hydrogen-bond acceptors (Lipinski definition) is 1. The van der Waals surface area contributed by atoms with Crippen LogP contribution in [0.2, 0.25) is 0 Å². The van der Waals surface area contributed by atoms with Crippen LogP contribution in [0.3, 0.4) is 0 Å². The van der Waals surface area contributed by atoms with E-state index in [1.807, 2.05) is 19.9 Å². The molecule has 2 nitrogen and oxygen atoms in total. The van der Waals surface area contributed by atoms with Crippen molar-refractivity contribution >= 4 is 11.6 Å². The first-order valence-electron chi connectivity index (χ1n) is 5.20. The third-order valence-electron chi connectivity index (χ3n) is 3.10. The molecule has 1 aromatic rings. The van der Waals surface area contributed by atoms with E-state index in [0.717, 1.165) is 18.4 Å². The second-order valence-corrected chi connectivity index (χ2v) is 4.20. The quantitative estimate of drug-likeness (QED) is 0.793. The number of carbonyl (C=O) groups is 1. The molecule has 0 bridgehead atoms. The van der Waals surface area contributed by atoms with Gasteiger partial charge in [0, 0.05) is 0 Å². The van der Waals surface area contributed by atoms with E-state index in [2.05, 4.69) is 5.32 Å². The number of fused-ring (bicyclic) bond motifs is 1. The minimum Gasteiger partial charge on any atom is -0.323 e. The Bertz CT molecular complexity index is 416. The van der Waals surface area contributed by atoms with Crippen LogP contribution in [-0.2, 0) is 10.2 Å². The monoisotopic (exact) mass is 207 g/mol. The summed E-state index contributed by atoms with van der Waals surface area (Å²) in [6, 6.07) is 4.85. The van der Waals surface area contributed by atoms with Gasteiger partial charge in [0.15, 0.2) is 0 Å². The molecule has 0 spiro atoms. The van der Waals surface area contributed by atoms with Crippen LogP contribution in [0.4, 0.5) is 10.1 Å². The van der Waals surface area contributed by atoms with Gasteiger partial charge in [-0.05, 0) is 25.0 Å². The van der Waals surface area contributed by atoms with Crippen LogP contribution in [0, 0.1) is 5.82 Å². The average Bonchev–Trinajstić information content (AvgIpc) is 2.44. The Morgan fingerprint density at radius 2 is 2.20 bits per heavy atom. The van der Waals surface area contributed by atoms with Crippen LogP contribution in [-0.4, -0.2) is 5.91 Å². The third kappa shape index (κ3) is 1.34. The highest BCUT2D eigenvalue weighted by Gasteiger charge is 2.42. The highest BCUT2D eigenvalue weighted by Crippen LogP contribution is 2.41. The Labute approximate surface area is 88.5 Å². The molecule has 0 fully saturated rings. The van der Waals surface area contributed by atoms with Gasteiger partial charge in [0.25, 0.3) is 0 Å². The number of nitrogens with one attached hydrogen (secondary N) is 1. The summed E-state index contributed by atoms with van der Waals surface area (Å²) in [5.41, 5.74) is 0.583. The average molecular weight is 207 g/mol. The number of anilines is 1. The molecule has 0 saturated heterocycles. The Hall–Kier alpha value is -1.38. The molecule has 80 valence electrons. The normalized spacial score (nSPS) is 23.8. The van der Waals surface area contributed by atoms with Gasteiger partial charge in [-0.1, -0.05) is 25.5 Å². The van der Waals surface area contributed by atoms with Crippen LogP contribution >= 0.6 is 0 Å². The molecule has 1 aromatic carbocycles. The maximum absolute atomic E-state index is 13.4. The van der Waals surface area contributed by atoms with Crippen molar-refractivity contribution in [3.8, 4) is 0 Å². The molecule has 15 heavy (non-hydrogen) atoms. The fourth-order valence-corrected chi connectivity index (χ4v) is 2.23. The molecule has 0 aliphatic carbocycles. The molecule has 1 aliphatic rings. The summed E-state index contributed by atoms with van der Waals surface area (Å²) in [4.78, 5) is 11.8. The van der Waals surface area contributed by atoms with E-state index < -0.39 is 5.41 Å². The van der Waals surface area contributed by atoms with Crippen molar-refractivity contribution in [2.45, 2.75) is 32.1 Å². The summed E-state index contributed by atoms with van der Waals surface area (Å²) >= 11 is 0. The van der Waals surface area contributed by atoms with E-state index in [0.29, 0.717) is 5.69 Å². The predicted molar refractivity (Wildman–Crippen MR) is 57.3 cm³/mol. The van der Waals surface area contributed by atoms with Crippen molar-refractivity contribution in [1.29, 1.82) is 0 Å². The maximum Gasteiger partial charge on any atom is 0.234 e. The van der Waals surface area contributed by atoms with Crippen molar-refractivity contribution in [3.05, 3.63) is 29.6 Å². The van der Waals surface area contributed by atoms with E-state index in [-0.39, 0.29) is 11.7 Å². The van der Waals surface area contributed by atoms with Gasteiger partial charge >= 0.3 is 0 Å². The van der Waals surface area contributed by atoms with Crippen LogP contribution in [0.15, 0.2) is 18.2 Å². The van der Waals surface area contributed by atoms with Gasteiger partial charge in [-0.25, -0.2) is 4.39 Å². The molecule has 3 heteroatoms. The molecule has 1 N–H and O–H groups in total. The number of rotatable bonds is 2. The van der Waals surface area contributed by atoms with Gasteiger partial charge in [0.1, 0.15) is 5.82 Å². The highest BCUT2D eigenvalue weighted by molar-refractivity contribution is 6.06. The van der Waals surface area contributed by atoms with Crippen molar-refractivity contribution in [1.82, 2.24) is 0 Å². The fourth-order valence-electron chi connectivity index (χ4n) is 2.23. The van der Waals surface area contributed by atoms with Crippen LogP contribution in [0.1, 0.15) is 32.3 Å². The summed E-state index contributed by atoms with van der Waals surface area (Å²) in [5.74, 6) is -0.440. The number of para-hydroxylation sites is 1. The van der Waals surface area contributed by atoms with Crippen molar-refractivity contribution in [2.75, 3.05) is 5.32 Å². The number of amides is 1. The Balaban J connectivity index is 2.55. The van der Waals surface area contributed by atoms with Crippen LogP contribution in [0.25, 0.3) is 0 Å². The third-order valence-corrected chi connectivity index (χ3v) is 3.10. The lowest BCUT2D eigenvalue weighted by Crippen LogP contribution is -2.30. The number of hydrogen-bond donors (Lipinski definition) is 1. The minimum absolute atomic E-state index is 0.0931. The topological polar surface area (TPSA) is 29.1 Å². The molecular weight excluding hydrogens is 193 g/mol. The van der Waals surface area contributed by atoms with E-state index in [4.69, 9.17) is 0 Å². The largest absolute Gasteiger partial charge is 0.323 e. The van der Waals surface area contributed by atoms with Crippen molar-refractivity contribution in [2.24, 2.45) is 0 Å². The summed E-state index contributed by atoms with van der Waals surface area (Å²) in [5, 5.41) is 2.63. The molecular formula is C12H14FNO. The SMILES string of the molecule is CCCC1(C)C(=O)Nc2c(F)cccc21. The van der Waals surface area contributed by atoms with Gasteiger partial charge in [-0.15, -0.1) is 0 Å². The van der Waals surface area contributed by atoms with E-state index in [9.17, 15) is 9.18 Å². The number of carbonyl (C=O) groups excluding carboxylic acids is 1. The lowest BCUT2D eigenvalue weighted by molar-refractivity contribution is -0.120. The van der Waals surface area contributed by atoms with Gasteiger partial charge in [-0.2, -0.15) is 0 Å². The second kappa shape index (κ2) is 3.33. The smallest absolute Gasteiger partial charge is 0.234 e. The van der Waals surface area contributed by atoms with E-state index in [1.54, 1.807) is 6.07 Å². The Morgan fingerprint density at radius 1 is 1.47 bits per heavy atom. The van der Waals surface area contributed by atoms with E-state index in [1.165, 1.54) is 6.07 Å². The fraction of sp³-hybridized carbons (Fsp3) is 0.417. The molecule has 0 radical (unpaired) electrons. The highest BCUT2D eigenvalue weighted by atomic mass is 19.1. The molecule has 1 unspecified atom stereocenters. The van der Waals surface area contributed by atoms with Crippen LogP contribution < -0.4 is 5.32 Å². The van der Waals surface area contributed by atoms with Gasteiger partial charge < -0.3 is 5.32 Å². The molecule has 0 aromatic heterocycles. The molecule has 0 saturated carbocycles. The first kappa shape index (κ1) is 10.1. The molecule has 1 heterocycles. The van der Waals surface area contributed by atoms with Gasteiger partial charge in [0.2, 0.25) is 5.91 Å². The summed E-state index contributed by atoms with van der Waals surface area (Å²) in [7, 11) is 0. The zero-order valence-corrected chi connectivity index (χ0v) is 8.93. The zero-order chi connectivity index (χ0) is 11.1. The first-order valence-corrected chi connectivity index (χ1v) is 5.20. The zero-order valence-electron chi connectivity index (χ0n) is 8.93. The Kier molecular flexibility index (Phi) is 2.25. The van der Waals surface area contributed by atoms with Crippen molar-refractivity contribution in [3.63, 3.8) is 0 Å². The van der Waals surface area contributed by atoms with Gasteiger partial charge in [-0.3, -0.25) is 4.79 Å². The number of benzene rings is 1. The minimum atomic E-state index is -0.563. The standard InChI is InChI=1S/C12H14FNO/c1-3-7-12(2)8-5-4-6-9(13)10(8)14-11(12)15/h4-6H,3,7H2,1-2H3,(H,14,15). The second-order valence-electron chi connectivity index (χ2n) is 4.20. The molecule has 2 rings (SSSR count). The lowest BCUT2D eigenvalue weighted by Gasteiger charge is -2.20. The van der Waals surface area contributed by atoms with Gasteiger partial charge in [0.05, 0.1) is 11.1 Å². The summed E-state index contributed by atoms with van der Waals surface area (Å²) in [6.45, 7) is 3.90. The molecule has 1 atom stereocenters. The summed E-state index contributed by atoms with van der Waals surface area (Å²) in [6.07, 6.45) is 1.65. The predicted octanol–water partition coefficient (Wildman–Crippen LogP) is 2.84. The van der Waals surface area contributed by atoms with Crippen LogP contribution in [0.5, 0.6) is 0 Å². The summed E-state index contributed by atoms with van der Waals surface area (Å²) < 4.78 is 13.4. The van der Waals surface area contributed by atoms with Crippen molar-refractivity contribution < 1.29 is 9.18 Å². The molecule has 1 aliphatic heterocycles. The Morgan fingerprint density at radius 3 is 2.87 bits per heavy atom. The lowest BCUT2D eigenvalue weighted by atomic mass is 9.80. The van der Waals surface area contributed by atoms with E-state index >= 15 is 0 Å². The number of halogens is 1. The first-order chi connectivity index (χ1) is 7.09. The molecule has 1 amide bonds.